The number of anilines is 2. The highest BCUT2D eigenvalue weighted by Gasteiger charge is 2.42. The molecule has 2 saturated heterocycles. The predicted molar refractivity (Wildman–Crippen MR) is 137 cm³/mol. The van der Waals surface area contributed by atoms with Crippen LogP contribution in [0.3, 0.4) is 0 Å². The standard InChI is InChI=1S/C26H39N7O3/c1-17-14-22(31-30-17)29-21-15-20(27-18(2)28-21)19-8-7-11-33(16-19)23(34)26(6)9-12-32(13-10-26)24(35)36-25(3,4)5/h14-15,19H,7-13,16H2,1-6H3,(H2,27,28,29,30,31). The molecule has 2 fully saturated rings. The van der Waals surface area contributed by atoms with E-state index in [9.17, 15) is 9.59 Å². The van der Waals surface area contributed by atoms with Gasteiger partial charge in [-0.3, -0.25) is 9.89 Å². The molecule has 0 radical (unpaired) electrons. The van der Waals surface area contributed by atoms with E-state index in [4.69, 9.17) is 9.72 Å². The van der Waals surface area contributed by atoms with E-state index in [1.807, 2.05) is 58.6 Å². The van der Waals surface area contributed by atoms with Crippen LogP contribution >= 0.6 is 0 Å². The van der Waals surface area contributed by atoms with Crippen LogP contribution in [0.2, 0.25) is 0 Å². The normalized spacial score (nSPS) is 20.2. The number of hydrogen-bond donors (Lipinski definition) is 2. The smallest absolute Gasteiger partial charge is 0.410 e. The topological polar surface area (TPSA) is 116 Å². The zero-order chi connectivity index (χ0) is 26.1. The van der Waals surface area contributed by atoms with E-state index in [-0.39, 0.29) is 17.9 Å². The lowest BCUT2D eigenvalue weighted by atomic mass is 9.78. The number of aromatic nitrogens is 4. The average Bonchev–Trinajstić information content (AvgIpc) is 3.22. The van der Waals surface area contributed by atoms with E-state index < -0.39 is 11.0 Å². The monoisotopic (exact) mass is 497 g/mol. The number of hydrogen-bond acceptors (Lipinski definition) is 7. The summed E-state index contributed by atoms with van der Waals surface area (Å²) in [6.45, 7) is 13.9. The van der Waals surface area contributed by atoms with Crippen LogP contribution in [0.15, 0.2) is 12.1 Å². The van der Waals surface area contributed by atoms with Gasteiger partial charge in [-0.15, -0.1) is 0 Å². The number of aryl methyl sites for hydroxylation is 2. The lowest BCUT2D eigenvalue weighted by Gasteiger charge is -2.43. The van der Waals surface area contributed by atoms with E-state index in [2.05, 4.69) is 20.5 Å². The summed E-state index contributed by atoms with van der Waals surface area (Å²) in [5.41, 5.74) is 0.907. The van der Waals surface area contributed by atoms with Gasteiger partial charge >= 0.3 is 6.09 Å². The summed E-state index contributed by atoms with van der Waals surface area (Å²) in [5, 5.41) is 10.4. The van der Waals surface area contributed by atoms with Gasteiger partial charge in [0, 0.05) is 55.3 Å². The summed E-state index contributed by atoms with van der Waals surface area (Å²) < 4.78 is 5.51. The Morgan fingerprint density at radius 3 is 2.44 bits per heavy atom. The van der Waals surface area contributed by atoms with Crippen molar-refractivity contribution < 1.29 is 14.3 Å². The Hall–Kier alpha value is -3.17. The number of nitrogens with one attached hydrogen (secondary N) is 2. The van der Waals surface area contributed by atoms with Gasteiger partial charge in [-0.25, -0.2) is 14.8 Å². The Balaban J connectivity index is 1.40. The van der Waals surface area contributed by atoms with Crippen LogP contribution in [0, 0.1) is 19.3 Å². The highest BCUT2D eigenvalue weighted by molar-refractivity contribution is 5.83. The van der Waals surface area contributed by atoms with Crippen molar-refractivity contribution in [2.24, 2.45) is 5.41 Å². The summed E-state index contributed by atoms with van der Waals surface area (Å²) in [6, 6.07) is 3.89. The number of nitrogens with zero attached hydrogens (tertiary/aromatic N) is 5. The number of rotatable bonds is 4. The molecule has 2 amide bonds. The van der Waals surface area contributed by atoms with E-state index in [0.29, 0.717) is 49.9 Å². The molecular weight excluding hydrogens is 458 g/mol. The van der Waals surface area contributed by atoms with Crippen molar-refractivity contribution in [3.63, 3.8) is 0 Å². The van der Waals surface area contributed by atoms with Gasteiger partial charge in [0.2, 0.25) is 5.91 Å². The molecule has 0 saturated carbocycles. The number of carbonyl (C=O) groups is 2. The first-order valence-electron chi connectivity index (χ1n) is 12.8. The average molecular weight is 498 g/mol. The van der Waals surface area contributed by atoms with Crippen molar-refractivity contribution in [2.75, 3.05) is 31.5 Å². The lowest BCUT2D eigenvalue weighted by Crippen LogP contribution is -2.52. The predicted octanol–water partition coefficient (Wildman–Crippen LogP) is 4.30. The SMILES string of the molecule is Cc1nc(Nc2cc(C)[nH]n2)cc(C2CCCN(C(=O)C3(C)CCN(C(=O)OC(C)(C)C)CC3)C2)n1. The molecule has 1 unspecified atom stereocenters. The van der Waals surface area contributed by atoms with Crippen LogP contribution in [0.1, 0.15) is 76.5 Å². The third-order valence-corrected chi connectivity index (χ3v) is 6.98. The van der Waals surface area contributed by atoms with Crippen LogP contribution in [-0.2, 0) is 9.53 Å². The number of piperidine rings is 2. The highest BCUT2D eigenvalue weighted by Crippen LogP contribution is 2.36. The van der Waals surface area contributed by atoms with Gasteiger partial charge in [0.1, 0.15) is 17.2 Å². The number of carbonyl (C=O) groups excluding carboxylic acids is 2. The molecular formula is C26H39N7O3. The summed E-state index contributed by atoms with van der Waals surface area (Å²) in [5.74, 6) is 2.42. The minimum absolute atomic E-state index is 0.149. The van der Waals surface area contributed by atoms with E-state index in [0.717, 1.165) is 30.8 Å². The van der Waals surface area contributed by atoms with Gasteiger partial charge in [-0.05, 0) is 60.3 Å². The minimum atomic E-state index is -0.526. The Bertz CT molecular complexity index is 1100. The Labute approximate surface area is 213 Å². The van der Waals surface area contributed by atoms with Crippen molar-refractivity contribution in [1.82, 2.24) is 30.0 Å². The first-order valence-corrected chi connectivity index (χ1v) is 12.8. The summed E-state index contributed by atoms with van der Waals surface area (Å²) in [6.07, 6.45) is 2.88. The first-order chi connectivity index (χ1) is 16.9. The molecule has 2 aliphatic rings. The molecule has 4 rings (SSSR count). The van der Waals surface area contributed by atoms with Crippen molar-refractivity contribution >= 4 is 23.6 Å². The maximum Gasteiger partial charge on any atom is 0.410 e. The second kappa shape index (κ2) is 10.1. The van der Waals surface area contributed by atoms with Crippen molar-refractivity contribution in [1.29, 1.82) is 0 Å². The molecule has 4 heterocycles. The molecule has 1 atom stereocenters. The van der Waals surface area contributed by atoms with Crippen molar-refractivity contribution in [3.05, 3.63) is 29.3 Å². The van der Waals surface area contributed by atoms with E-state index in [1.54, 1.807) is 4.90 Å². The molecule has 196 valence electrons. The number of H-pyrrole nitrogens is 1. The zero-order valence-electron chi connectivity index (χ0n) is 22.3. The third kappa shape index (κ3) is 6.14. The van der Waals surface area contributed by atoms with Crippen LogP contribution in [0.4, 0.5) is 16.4 Å². The number of amides is 2. The van der Waals surface area contributed by atoms with Crippen LogP contribution in [-0.4, -0.2) is 73.7 Å². The summed E-state index contributed by atoms with van der Waals surface area (Å²) in [7, 11) is 0. The van der Waals surface area contributed by atoms with Crippen LogP contribution in [0.5, 0.6) is 0 Å². The number of ether oxygens (including phenoxy) is 1. The van der Waals surface area contributed by atoms with E-state index >= 15 is 0 Å². The molecule has 0 bridgehead atoms. The van der Waals surface area contributed by atoms with Gasteiger partial charge in [0.15, 0.2) is 5.82 Å². The highest BCUT2D eigenvalue weighted by atomic mass is 16.6. The molecule has 0 aliphatic carbocycles. The van der Waals surface area contributed by atoms with E-state index in [1.165, 1.54) is 0 Å². The molecule has 36 heavy (non-hydrogen) atoms. The molecule has 0 aromatic carbocycles. The van der Waals surface area contributed by atoms with Crippen molar-refractivity contribution in [2.45, 2.75) is 78.7 Å². The van der Waals surface area contributed by atoms with Gasteiger partial charge < -0.3 is 19.9 Å². The second-order valence-electron chi connectivity index (χ2n) is 11.4. The third-order valence-electron chi connectivity index (χ3n) is 6.98. The molecule has 10 nitrogen and oxygen atoms in total. The number of likely N-dealkylation sites (tertiary alicyclic amines) is 2. The van der Waals surface area contributed by atoms with Crippen LogP contribution in [0.25, 0.3) is 0 Å². The summed E-state index contributed by atoms with van der Waals surface area (Å²) in [4.78, 5) is 39.1. The fourth-order valence-corrected chi connectivity index (χ4v) is 4.99. The molecule has 2 aromatic rings. The largest absolute Gasteiger partial charge is 0.444 e. The quantitative estimate of drug-likeness (QED) is 0.647. The molecule has 2 aliphatic heterocycles. The second-order valence-corrected chi connectivity index (χ2v) is 11.4. The molecule has 2 aromatic heterocycles. The van der Waals surface area contributed by atoms with Crippen LogP contribution < -0.4 is 5.32 Å². The van der Waals surface area contributed by atoms with Gasteiger partial charge in [-0.1, -0.05) is 6.92 Å². The Morgan fingerprint density at radius 2 is 1.81 bits per heavy atom. The maximum atomic E-state index is 13.7. The first kappa shape index (κ1) is 25.9. The summed E-state index contributed by atoms with van der Waals surface area (Å²) >= 11 is 0. The Kier molecular flexibility index (Phi) is 7.24. The minimum Gasteiger partial charge on any atom is -0.444 e. The molecule has 2 N–H and O–H groups in total. The molecule has 0 spiro atoms. The fraction of sp³-hybridized carbons (Fsp3) is 0.654. The fourth-order valence-electron chi connectivity index (χ4n) is 4.99. The number of aromatic amines is 1. The van der Waals surface area contributed by atoms with Gasteiger partial charge in [0.25, 0.3) is 0 Å². The molecule has 10 heteroatoms. The van der Waals surface area contributed by atoms with Crippen molar-refractivity contribution in [3.8, 4) is 0 Å². The van der Waals surface area contributed by atoms with Gasteiger partial charge in [0.05, 0.1) is 5.69 Å². The van der Waals surface area contributed by atoms with Gasteiger partial charge in [-0.2, -0.15) is 5.10 Å². The maximum absolute atomic E-state index is 13.7. The lowest BCUT2D eigenvalue weighted by molar-refractivity contribution is -0.145. The zero-order valence-corrected chi connectivity index (χ0v) is 22.3. The Morgan fingerprint density at radius 1 is 1.08 bits per heavy atom.